The maximum Gasteiger partial charge on any atom is 0.329 e. The number of imide groups is 1. The van der Waals surface area contributed by atoms with Crippen molar-refractivity contribution in [3.8, 4) is 11.5 Å². The molecule has 0 radical (unpaired) electrons. The molecule has 39 heavy (non-hydrogen) atoms. The van der Waals surface area contributed by atoms with Gasteiger partial charge in [0.15, 0.2) is 11.5 Å². The molecule has 0 aliphatic carbocycles. The molecular weight excluding hydrogens is 579 g/mol. The van der Waals surface area contributed by atoms with E-state index in [1.807, 2.05) is 0 Å². The molecule has 0 atom stereocenters. The summed E-state index contributed by atoms with van der Waals surface area (Å²) in [5.74, 6) is -1.54. The number of non-ortho nitro benzene ring substituents is 1. The standard InChI is InChI=1S/C26H20BrFN4O7/c1-38-22-12-16(10-18(27)24(22)39-14-15-5-4-6-17(9-15)32(36)37)11-21-25(34)31(26(35)30-21)13-23(33)29-20-8-3-2-7-19(20)28/h2-12H,13-14H2,1H3,(H,29,33)(H,30,35)/b21-11+. The van der Waals surface area contributed by atoms with Crippen LogP contribution in [0.2, 0.25) is 0 Å². The number of nitro benzene ring substituents is 1. The molecule has 1 saturated heterocycles. The van der Waals surface area contributed by atoms with Gasteiger partial charge in [-0.2, -0.15) is 0 Å². The van der Waals surface area contributed by atoms with Crippen LogP contribution in [0.5, 0.6) is 11.5 Å². The molecular formula is C26H20BrFN4O7. The van der Waals surface area contributed by atoms with Crippen molar-refractivity contribution in [1.82, 2.24) is 10.2 Å². The van der Waals surface area contributed by atoms with Crippen LogP contribution in [0.4, 0.5) is 20.6 Å². The molecule has 0 aromatic heterocycles. The predicted octanol–water partition coefficient (Wildman–Crippen LogP) is 4.62. The number of nitro groups is 1. The lowest BCUT2D eigenvalue weighted by Crippen LogP contribution is -2.38. The summed E-state index contributed by atoms with van der Waals surface area (Å²) in [6.07, 6.45) is 1.40. The van der Waals surface area contributed by atoms with Crippen molar-refractivity contribution in [2.75, 3.05) is 19.0 Å². The van der Waals surface area contributed by atoms with E-state index in [9.17, 15) is 28.9 Å². The number of nitrogens with zero attached hydrogens (tertiary/aromatic N) is 2. The molecule has 0 spiro atoms. The Kier molecular flexibility index (Phi) is 8.20. The molecule has 3 aromatic rings. The third kappa shape index (κ3) is 6.38. The van der Waals surface area contributed by atoms with Gasteiger partial charge in [0.1, 0.15) is 24.7 Å². The van der Waals surface area contributed by atoms with Crippen molar-refractivity contribution in [2.45, 2.75) is 6.61 Å². The molecule has 4 amide bonds. The molecule has 4 rings (SSSR count). The van der Waals surface area contributed by atoms with Crippen LogP contribution in [-0.2, 0) is 16.2 Å². The van der Waals surface area contributed by atoms with E-state index >= 15 is 0 Å². The molecule has 1 heterocycles. The van der Waals surface area contributed by atoms with Crippen LogP contribution < -0.4 is 20.1 Å². The van der Waals surface area contributed by atoms with Crippen LogP contribution in [0.15, 0.2) is 70.8 Å². The average molecular weight is 599 g/mol. The molecule has 11 nitrogen and oxygen atoms in total. The molecule has 0 bridgehead atoms. The van der Waals surface area contributed by atoms with Crippen LogP contribution in [-0.4, -0.2) is 41.3 Å². The van der Waals surface area contributed by atoms with Gasteiger partial charge in [-0.15, -0.1) is 0 Å². The van der Waals surface area contributed by atoms with E-state index in [0.717, 1.165) is 0 Å². The molecule has 1 fully saturated rings. The number of halogens is 2. The number of benzene rings is 3. The number of hydrogen-bond donors (Lipinski definition) is 2. The smallest absolute Gasteiger partial charge is 0.329 e. The number of hydrogen-bond acceptors (Lipinski definition) is 7. The summed E-state index contributed by atoms with van der Waals surface area (Å²) < 4.78 is 25.5. The van der Waals surface area contributed by atoms with E-state index in [-0.39, 0.29) is 23.7 Å². The summed E-state index contributed by atoms with van der Waals surface area (Å²) in [4.78, 5) is 48.7. The minimum absolute atomic E-state index is 0.0233. The number of methoxy groups -OCH3 is 1. The Balaban J connectivity index is 1.47. The van der Waals surface area contributed by atoms with Gasteiger partial charge in [0.05, 0.1) is 22.2 Å². The number of carbonyl (C=O) groups excluding carboxylic acids is 3. The third-order valence-corrected chi connectivity index (χ3v) is 6.07. The number of rotatable bonds is 9. The highest BCUT2D eigenvalue weighted by Gasteiger charge is 2.35. The Bertz CT molecular complexity index is 1510. The zero-order valence-corrected chi connectivity index (χ0v) is 21.9. The quantitative estimate of drug-likeness (QED) is 0.158. The maximum atomic E-state index is 13.8. The first-order valence-corrected chi connectivity index (χ1v) is 12.1. The first kappa shape index (κ1) is 27.3. The summed E-state index contributed by atoms with van der Waals surface area (Å²) in [7, 11) is 1.41. The Hall–Kier alpha value is -4.78. The molecule has 0 unspecified atom stereocenters. The monoisotopic (exact) mass is 598 g/mol. The lowest BCUT2D eigenvalue weighted by atomic mass is 10.1. The highest BCUT2D eigenvalue weighted by Crippen LogP contribution is 2.38. The van der Waals surface area contributed by atoms with Gasteiger partial charge in [-0.05, 0) is 57.4 Å². The number of ether oxygens (including phenoxy) is 2. The number of anilines is 1. The fraction of sp³-hybridized carbons (Fsp3) is 0.115. The fourth-order valence-electron chi connectivity index (χ4n) is 3.66. The summed E-state index contributed by atoms with van der Waals surface area (Å²) in [6.45, 7) is -0.594. The minimum atomic E-state index is -0.808. The van der Waals surface area contributed by atoms with E-state index in [4.69, 9.17) is 9.47 Å². The normalized spacial score (nSPS) is 13.8. The van der Waals surface area contributed by atoms with Gasteiger partial charge in [0, 0.05) is 12.1 Å². The average Bonchev–Trinajstić information content (AvgIpc) is 3.16. The van der Waals surface area contributed by atoms with Crippen LogP contribution in [0.1, 0.15) is 11.1 Å². The first-order valence-electron chi connectivity index (χ1n) is 11.3. The number of nitrogens with one attached hydrogen (secondary N) is 2. The van der Waals surface area contributed by atoms with Gasteiger partial charge in [0.25, 0.3) is 11.6 Å². The molecule has 3 aromatic carbocycles. The van der Waals surface area contributed by atoms with Crippen molar-refractivity contribution in [3.63, 3.8) is 0 Å². The summed E-state index contributed by atoms with van der Waals surface area (Å²) in [5, 5.41) is 15.8. The van der Waals surface area contributed by atoms with E-state index in [1.54, 1.807) is 24.3 Å². The van der Waals surface area contributed by atoms with Gasteiger partial charge in [-0.1, -0.05) is 24.3 Å². The predicted molar refractivity (Wildman–Crippen MR) is 141 cm³/mol. The Labute approximate surface area is 229 Å². The van der Waals surface area contributed by atoms with E-state index in [1.165, 1.54) is 49.6 Å². The number of urea groups is 1. The van der Waals surface area contributed by atoms with Gasteiger partial charge in [-0.25, -0.2) is 14.1 Å². The Morgan fingerprint density at radius 3 is 2.67 bits per heavy atom. The molecule has 2 N–H and O–H groups in total. The summed E-state index contributed by atoms with van der Waals surface area (Å²) in [5.41, 5.74) is 0.810. The highest BCUT2D eigenvalue weighted by molar-refractivity contribution is 9.10. The lowest BCUT2D eigenvalue weighted by molar-refractivity contribution is -0.384. The minimum Gasteiger partial charge on any atom is -0.493 e. The molecule has 0 saturated carbocycles. The zero-order valence-electron chi connectivity index (χ0n) is 20.3. The second-order valence-electron chi connectivity index (χ2n) is 8.16. The van der Waals surface area contributed by atoms with Crippen LogP contribution in [0, 0.1) is 15.9 Å². The van der Waals surface area contributed by atoms with E-state index in [0.29, 0.717) is 32.0 Å². The second-order valence-corrected chi connectivity index (χ2v) is 9.01. The van der Waals surface area contributed by atoms with Crippen molar-refractivity contribution in [2.24, 2.45) is 0 Å². The first-order chi connectivity index (χ1) is 18.7. The van der Waals surface area contributed by atoms with Crippen LogP contribution in [0.25, 0.3) is 6.08 Å². The summed E-state index contributed by atoms with van der Waals surface area (Å²) >= 11 is 3.40. The largest absolute Gasteiger partial charge is 0.493 e. The lowest BCUT2D eigenvalue weighted by Gasteiger charge is -2.14. The Morgan fingerprint density at radius 2 is 1.95 bits per heavy atom. The van der Waals surface area contributed by atoms with Crippen LogP contribution >= 0.6 is 15.9 Å². The SMILES string of the molecule is COc1cc(/C=C2/NC(=O)N(CC(=O)Nc3ccccc3F)C2=O)cc(Br)c1OCc1cccc([N+](=O)[O-])c1. The van der Waals surface area contributed by atoms with Gasteiger partial charge >= 0.3 is 6.03 Å². The summed E-state index contributed by atoms with van der Waals surface area (Å²) in [6, 6.07) is 13.9. The fourth-order valence-corrected chi connectivity index (χ4v) is 4.23. The topological polar surface area (TPSA) is 140 Å². The van der Waals surface area contributed by atoms with E-state index in [2.05, 4.69) is 26.6 Å². The van der Waals surface area contributed by atoms with Crippen molar-refractivity contribution >= 4 is 51.2 Å². The van der Waals surface area contributed by atoms with Gasteiger partial charge < -0.3 is 20.1 Å². The number of para-hydroxylation sites is 1. The number of carbonyl (C=O) groups is 3. The second kappa shape index (κ2) is 11.7. The van der Waals surface area contributed by atoms with E-state index < -0.39 is 35.1 Å². The van der Waals surface area contributed by atoms with Crippen LogP contribution in [0.3, 0.4) is 0 Å². The third-order valence-electron chi connectivity index (χ3n) is 5.48. The number of amides is 4. The van der Waals surface area contributed by atoms with Crippen molar-refractivity contribution in [3.05, 3.63) is 97.9 Å². The molecule has 1 aliphatic heterocycles. The van der Waals surface area contributed by atoms with Crippen molar-refractivity contribution in [1.29, 1.82) is 0 Å². The highest BCUT2D eigenvalue weighted by atomic mass is 79.9. The van der Waals surface area contributed by atoms with Crippen molar-refractivity contribution < 1.29 is 33.2 Å². The molecule has 13 heteroatoms. The Morgan fingerprint density at radius 1 is 1.18 bits per heavy atom. The zero-order chi connectivity index (χ0) is 28.1. The molecule has 200 valence electrons. The van der Waals surface area contributed by atoms with Gasteiger partial charge in [0.2, 0.25) is 5.91 Å². The van der Waals surface area contributed by atoms with Gasteiger partial charge in [-0.3, -0.25) is 19.7 Å². The maximum absolute atomic E-state index is 13.8. The molecule has 1 aliphatic rings.